The monoisotopic (exact) mass is 509 g/mol. The minimum absolute atomic E-state index is 0.0460. The van der Waals surface area contributed by atoms with Crippen LogP contribution in [0.1, 0.15) is 128 Å². The molecule has 0 aliphatic heterocycles. The third-order valence-electron chi connectivity index (χ3n) is 7.35. The molecule has 0 fully saturated rings. The number of benzene rings is 1. The van der Waals surface area contributed by atoms with Crippen molar-refractivity contribution in [2.45, 2.75) is 135 Å². The molecule has 1 aromatic heterocycles. The number of carbonyl (C=O) groups excluding carboxylic acids is 1. The minimum Gasteiger partial charge on any atom is -0.386 e. The Labute approximate surface area is 226 Å². The highest BCUT2D eigenvalue weighted by atomic mass is 16.3. The van der Waals surface area contributed by atoms with Gasteiger partial charge in [0.1, 0.15) is 6.54 Å². The summed E-state index contributed by atoms with van der Waals surface area (Å²) in [5.74, 6) is 0.0460. The number of unbranched alkanes of at least 4 members (excludes halogenated alkanes) is 15. The number of nitrogens with zero attached hydrogens (tertiary/aromatic N) is 1. The van der Waals surface area contributed by atoms with E-state index in [9.17, 15) is 9.90 Å². The summed E-state index contributed by atoms with van der Waals surface area (Å²) in [7, 11) is 0. The van der Waals surface area contributed by atoms with E-state index in [2.05, 4.69) is 40.5 Å². The molecule has 1 heterocycles. The van der Waals surface area contributed by atoms with Crippen LogP contribution in [0.2, 0.25) is 0 Å². The first-order valence-electron chi connectivity index (χ1n) is 15.1. The number of amides is 1. The molecule has 0 aliphatic carbocycles. The second-order valence-corrected chi connectivity index (χ2v) is 10.7. The Balaban J connectivity index is 1.28. The van der Waals surface area contributed by atoms with Crippen molar-refractivity contribution in [1.29, 1.82) is 0 Å². The van der Waals surface area contributed by atoms with Crippen LogP contribution in [0.4, 0.5) is 0 Å². The van der Waals surface area contributed by atoms with Crippen molar-refractivity contribution >= 4 is 5.91 Å². The van der Waals surface area contributed by atoms with E-state index in [0.29, 0.717) is 6.42 Å². The fraction of sp³-hybridized carbons (Fsp3) is 0.636. The number of nitrogens with one attached hydrogen (secondary N) is 1. The van der Waals surface area contributed by atoms with Crippen molar-refractivity contribution in [3.05, 3.63) is 66.5 Å². The van der Waals surface area contributed by atoms with Crippen molar-refractivity contribution in [2.75, 3.05) is 0 Å². The number of aliphatic hydroxyl groups excluding tert-OH is 1. The van der Waals surface area contributed by atoms with Gasteiger partial charge in [0.2, 0.25) is 5.91 Å². The van der Waals surface area contributed by atoms with Gasteiger partial charge in [-0.25, -0.2) is 4.57 Å². The predicted octanol–water partition coefficient (Wildman–Crippen LogP) is 7.84. The molecule has 2 atom stereocenters. The van der Waals surface area contributed by atoms with Crippen LogP contribution in [-0.2, 0) is 11.3 Å². The predicted molar refractivity (Wildman–Crippen MR) is 154 cm³/mol. The maximum atomic E-state index is 12.2. The van der Waals surface area contributed by atoms with Crippen LogP contribution in [0.15, 0.2) is 60.9 Å². The Bertz CT molecular complexity index is 796. The second-order valence-electron chi connectivity index (χ2n) is 10.7. The van der Waals surface area contributed by atoms with Crippen LogP contribution in [0.3, 0.4) is 0 Å². The molecule has 2 N–H and O–H groups in total. The lowest BCUT2D eigenvalue weighted by Crippen LogP contribution is -2.36. The van der Waals surface area contributed by atoms with Crippen molar-refractivity contribution in [2.24, 2.45) is 0 Å². The van der Waals surface area contributed by atoms with Gasteiger partial charge in [0.25, 0.3) is 0 Å². The summed E-state index contributed by atoms with van der Waals surface area (Å²) in [4.78, 5) is 12.2. The summed E-state index contributed by atoms with van der Waals surface area (Å²) in [6, 6.07) is 15.5. The number of hydrogen-bond donors (Lipinski definition) is 2. The van der Waals surface area contributed by atoms with Crippen LogP contribution in [-0.4, -0.2) is 17.1 Å². The van der Waals surface area contributed by atoms with Crippen molar-refractivity contribution in [3.8, 4) is 0 Å². The van der Waals surface area contributed by atoms with Gasteiger partial charge in [-0.2, -0.15) is 0 Å². The number of hydrogen-bond acceptors (Lipinski definition) is 2. The fourth-order valence-corrected chi connectivity index (χ4v) is 4.98. The Hall–Kier alpha value is -2.20. The SMILES string of the molecule is C[C@@H](NC(=O)CCCCCCCCCCCCCCCCCC[n+]1ccccc1)[C@@H](O)c1ccccc1. The van der Waals surface area contributed by atoms with Gasteiger partial charge in [-0.05, 0) is 25.3 Å². The Morgan fingerprint density at radius 1 is 0.676 bits per heavy atom. The summed E-state index contributed by atoms with van der Waals surface area (Å²) in [5, 5.41) is 13.3. The van der Waals surface area contributed by atoms with E-state index >= 15 is 0 Å². The smallest absolute Gasteiger partial charge is 0.220 e. The highest BCUT2D eigenvalue weighted by Crippen LogP contribution is 2.17. The molecule has 37 heavy (non-hydrogen) atoms. The molecule has 0 radical (unpaired) electrons. The quantitative estimate of drug-likeness (QED) is 0.125. The van der Waals surface area contributed by atoms with Crippen LogP contribution < -0.4 is 9.88 Å². The van der Waals surface area contributed by atoms with Gasteiger partial charge in [0.15, 0.2) is 12.4 Å². The fourth-order valence-electron chi connectivity index (χ4n) is 4.98. The lowest BCUT2D eigenvalue weighted by Gasteiger charge is -2.20. The zero-order valence-electron chi connectivity index (χ0n) is 23.5. The van der Waals surface area contributed by atoms with Crippen molar-refractivity contribution in [1.82, 2.24) is 5.32 Å². The first kappa shape index (κ1) is 31.0. The number of carbonyl (C=O) groups is 1. The summed E-state index contributed by atoms with van der Waals surface area (Å²) in [6.07, 6.45) is 25.3. The summed E-state index contributed by atoms with van der Waals surface area (Å²) in [5.41, 5.74) is 0.843. The van der Waals surface area contributed by atoms with Crippen LogP contribution in [0.25, 0.3) is 0 Å². The van der Waals surface area contributed by atoms with Crippen LogP contribution in [0.5, 0.6) is 0 Å². The van der Waals surface area contributed by atoms with Crippen molar-refractivity contribution in [3.63, 3.8) is 0 Å². The van der Waals surface area contributed by atoms with E-state index in [1.807, 2.05) is 37.3 Å². The second kappa shape index (κ2) is 20.8. The van der Waals surface area contributed by atoms with Gasteiger partial charge in [0.05, 0.1) is 12.1 Å². The normalized spacial score (nSPS) is 12.8. The van der Waals surface area contributed by atoms with E-state index in [4.69, 9.17) is 0 Å². The van der Waals surface area contributed by atoms with Gasteiger partial charge >= 0.3 is 0 Å². The molecule has 4 heteroatoms. The molecule has 0 bridgehead atoms. The van der Waals surface area contributed by atoms with E-state index in [1.54, 1.807) is 0 Å². The number of aryl methyl sites for hydroxylation is 1. The summed E-state index contributed by atoms with van der Waals surface area (Å²) in [6.45, 7) is 3.02. The lowest BCUT2D eigenvalue weighted by molar-refractivity contribution is -0.697. The maximum Gasteiger partial charge on any atom is 0.220 e. The third kappa shape index (κ3) is 15.6. The standard InChI is InChI=1S/C33H52N2O2/c1-30(33(37)31-24-18-16-19-25-31)34-32(36)26-20-14-12-10-8-6-4-2-3-5-7-9-11-13-15-21-27-35-28-22-17-23-29-35/h16-19,22-25,28-30,33,37H,2-15,20-21,26-27H2,1H3/p+1/t30-,33-/m1/s1. The zero-order chi connectivity index (χ0) is 26.4. The van der Waals surface area contributed by atoms with Gasteiger partial charge in [-0.1, -0.05) is 120 Å². The third-order valence-corrected chi connectivity index (χ3v) is 7.35. The number of aromatic nitrogens is 1. The Morgan fingerprint density at radius 2 is 1.11 bits per heavy atom. The molecule has 206 valence electrons. The molecule has 0 spiro atoms. The molecule has 0 unspecified atom stereocenters. The highest BCUT2D eigenvalue weighted by molar-refractivity contribution is 5.76. The topological polar surface area (TPSA) is 53.2 Å². The molecular formula is C33H53N2O2+. The molecule has 0 saturated heterocycles. The molecular weight excluding hydrogens is 456 g/mol. The molecule has 0 aliphatic rings. The first-order chi connectivity index (χ1) is 18.2. The van der Waals surface area contributed by atoms with Gasteiger partial charge in [-0.3, -0.25) is 4.79 Å². The average Bonchev–Trinajstić information content (AvgIpc) is 2.93. The van der Waals surface area contributed by atoms with Gasteiger partial charge in [0, 0.05) is 25.0 Å². The highest BCUT2D eigenvalue weighted by Gasteiger charge is 2.17. The number of aliphatic hydroxyl groups is 1. The van der Waals surface area contributed by atoms with Gasteiger partial charge in [-0.15, -0.1) is 0 Å². The minimum atomic E-state index is -0.662. The van der Waals surface area contributed by atoms with E-state index < -0.39 is 6.10 Å². The van der Waals surface area contributed by atoms with E-state index in [0.717, 1.165) is 24.9 Å². The molecule has 1 amide bonds. The maximum absolute atomic E-state index is 12.2. The molecule has 4 nitrogen and oxygen atoms in total. The largest absolute Gasteiger partial charge is 0.386 e. The first-order valence-corrected chi connectivity index (χ1v) is 15.1. The molecule has 0 saturated carbocycles. The average molecular weight is 510 g/mol. The summed E-state index contributed by atoms with van der Waals surface area (Å²) < 4.78 is 2.28. The van der Waals surface area contributed by atoms with Crippen LogP contribution in [0, 0.1) is 0 Å². The van der Waals surface area contributed by atoms with Gasteiger partial charge < -0.3 is 10.4 Å². The Morgan fingerprint density at radius 3 is 1.62 bits per heavy atom. The Kier molecular flexibility index (Phi) is 17.4. The number of rotatable bonds is 22. The zero-order valence-corrected chi connectivity index (χ0v) is 23.5. The molecule has 1 aromatic carbocycles. The lowest BCUT2D eigenvalue weighted by atomic mass is 10.0. The van der Waals surface area contributed by atoms with Crippen LogP contribution >= 0.6 is 0 Å². The number of pyridine rings is 1. The summed E-state index contributed by atoms with van der Waals surface area (Å²) >= 11 is 0. The van der Waals surface area contributed by atoms with Crippen molar-refractivity contribution < 1.29 is 14.5 Å². The molecule has 2 rings (SSSR count). The molecule has 2 aromatic rings. The van der Waals surface area contributed by atoms with E-state index in [-0.39, 0.29) is 11.9 Å². The van der Waals surface area contributed by atoms with E-state index in [1.165, 1.54) is 89.9 Å².